The Morgan fingerprint density at radius 3 is 2.86 bits per heavy atom. The first-order chi connectivity index (χ1) is 10.2. The van der Waals surface area contributed by atoms with Crippen LogP contribution in [0, 0.1) is 5.92 Å². The normalized spacial score (nSPS) is 22.1. The van der Waals surface area contributed by atoms with Gasteiger partial charge in [-0.2, -0.15) is 0 Å². The zero-order valence-corrected chi connectivity index (χ0v) is 13.9. The van der Waals surface area contributed by atoms with E-state index in [2.05, 4.69) is 50.4 Å². The lowest BCUT2D eigenvalue weighted by atomic mass is 9.97. The van der Waals surface area contributed by atoms with Gasteiger partial charge in [-0.05, 0) is 55.7 Å². The molecule has 2 rings (SSSR count). The van der Waals surface area contributed by atoms with Gasteiger partial charge in [0, 0.05) is 6.61 Å². The Labute approximate surface area is 130 Å². The fraction of sp³-hybridized carbons (Fsp3) is 0.684. The first kappa shape index (κ1) is 16.5. The highest BCUT2D eigenvalue weighted by atomic mass is 16.5. The van der Waals surface area contributed by atoms with Crippen molar-refractivity contribution < 1.29 is 4.74 Å². The standard InChI is InChI=1S/C19H31NO/c1-4-13-20-19-17-10-6-5-8-16(17)9-7-11-18(19)21-14-12-15(2)3/h5-6,8,10,15,18-20H,4,7,9,11-14H2,1-3H3. The molecule has 0 aliphatic heterocycles. The molecule has 0 aromatic heterocycles. The largest absolute Gasteiger partial charge is 0.376 e. The summed E-state index contributed by atoms with van der Waals surface area (Å²) >= 11 is 0. The van der Waals surface area contributed by atoms with Crippen LogP contribution in [0.2, 0.25) is 0 Å². The minimum absolute atomic E-state index is 0.318. The summed E-state index contributed by atoms with van der Waals surface area (Å²) in [6.07, 6.45) is 6.21. The van der Waals surface area contributed by atoms with Gasteiger partial charge in [0.25, 0.3) is 0 Å². The second kappa shape index (κ2) is 8.55. The molecular formula is C19H31NO. The number of hydrogen-bond donors (Lipinski definition) is 1. The summed E-state index contributed by atoms with van der Waals surface area (Å²) in [5.74, 6) is 0.713. The molecule has 0 saturated carbocycles. The van der Waals surface area contributed by atoms with E-state index in [1.807, 2.05) is 0 Å². The predicted octanol–water partition coefficient (Wildman–Crippen LogP) is 4.49. The van der Waals surface area contributed by atoms with Crippen LogP contribution >= 0.6 is 0 Å². The van der Waals surface area contributed by atoms with Gasteiger partial charge in [0.1, 0.15) is 0 Å². The van der Waals surface area contributed by atoms with Crippen molar-refractivity contribution in [3.8, 4) is 0 Å². The van der Waals surface area contributed by atoms with Crippen LogP contribution in [0.3, 0.4) is 0 Å². The van der Waals surface area contributed by atoms with Gasteiger partial charge in [-0.25, -0.2) is 0 Å². The number of hydrogen-bond acceptors (Lipinski definition) is 2. The second-order valence-corrected chi connectivity index (χ2v) is 6.61. The summed E-state index contributed by atoms with van der Waals surface area (Å²) in [5, 5.41) is 3.73. The molecule has 2 atom stereocenters. The fourth-order valence-corrected chi connectivity index (χ4v) is 3.10. The van der Waals surface area contributed by atoms with Gasteiger partial charge < -0.3 is 10.1 Å². The van der Waals surface area contributed by atoms with Gasteiger partial charge in [-0.1, -0.05) is 45.0 Å². The number of fused-ring (bicyclic) bond motifs is 1. The van der Waals surface area contributed by atoms with E-state index < -0.39 is 0 Å². The maximum Gasteiger partial charge on any atom is 0.0769 e. The van der Waals surface area contributed by atoms with Crippen LogP contribution in [0.1, 0.15) is 63.6 Å². The maximum atomic E-state index is 6.28. The van der Waals surface area contributed by atoms with Crippen LogP contribution < -0.4 is 5.32 Å². The average molecular weight is 289 g/mol. The molecule has 0 fully saturated rings. The SMILES string of the molecule is CCCNC1c2ccccc2CCCC1OCCC(C)C. The third-order valence-electron chi connectivity index (χ3n) is 4.34. The summed E-state index contributed by atoms with van der Waals surface area (Å²) in [4.78, 5) is 0. The lowest BCUT2D eigenvalue weighted by molar-refractivity contribution is 0.0156. The third-order valence-corrected chi connectivity index (χ3v) is 4.34. The highest BCUT2D eigenvalue weighted by molar-refractivity contribution is 5.32. The Morgan fingerprint density at radius 2 is 2.10 bits per heavy atom. The zero-order chi connectivity index (χ0) is 15.1. The summed E-state index contributed by atoms with van der Waals surface area (Å²) in [6, 6.07) is 9.25. The van der Waals surface area contributed by atoms with Crippen LogP contribution in [0.15, 0.2) is 24.3 Å². The molecule has 0 saturated heterocycles. The Bertz CT molecular complexity index is 416. The fourth-order valence-electron chi connectivity index (χ4n) is 3.10. The van der Waals surface area contributed by atoms with Crippen molar-refractivity contribution in [2.24, 2.45) is 5.92 Å². The van der Waals surface area contributed by atoms with E-state index in [-0.39, 0.29) is 0 Å². The molecule has 1 aromatic rings. The Balaban J connectivity index is 2.10. The molecule has 0 bridgehead atoms. The minimum atomic E-state index is 0.318. The lowest BCUT2D eigenvalue weighted by Crippen LogP contribution is -2.34. The molecule has 1 aromatic carbocycles. The van der Waals surface area contributed by atoms with Crippen LogP contribution in [0.4, 0.5) is 0 Å². The summed E-state index contributed by atoms with van der Waals surface area (Å²) in [5.41, 5.74) is 2.96. The molecule has 2 unspecified atom stereocenters. The number of ether oxygens (including phenoxy) is 1. The monoisotopic (exact) mass is 289 g/mol. The van der Waals surface area contributed by atoms with Gasteiger partial charge in [0.05, 0.1) is 12.1 Å². The van der Waals surface area contributed by atoms with E-state index in [4.69, 9.17) is 4.74 Å². The van der Waals surface area contributed by atoms with E-state index in [9.17, 15) is 0 Å². The second-order valence-electron chi connectivity index (χ2n) is 6.61. The highest BCUT2D eigenvalue weighted by Gasteiger charge is 2.27. The number of benzene rings is 1. The van der Waals surface area contributed by atoms with E-state index in [0.717, 1.165) is 32.4 Å². The van der Waals surface area contributed by atoms with E-state index >= 15 is 0 Å². The van der Waals surface area contributed by atoms with Crippen LogP contribution in [0.5, 0.6) is 0 Å². The molecule has 0 heterocycles. The summed E-state index contributed by atoms with van der Waals surface area (Å²) in [6.45, 7) is 8.69. The molecule has 2 heteroatoms. The van der Waals surface area contributed by atoms with Gasteiger partial charge in [0.15, 0.2) is 0 Å². The Hall–Kier alpha value is -0.860. The minimum Gasteiger partial charge on any atom is -0.376 e. The van der Waals surface area contributed by atoms with Crippen molar-refractivity contribution in [1.82, 2.24) is 5.32 Å². The molecular weight excluding hydrogens is 258 g/mol. The lowest BCUT2D eigenvalue weighted by Gasteiger charge is -2.28. The van der Waals surface area contributed by atoms with Gasteiger partial charge in [-0.15, -0.1) is 0 Å². The van der Waals surface area contributed by atoms with Crippen LogP contribution in [0.25, 0.3) is 0 Å². The first-order valence-corrected chi connectivity index (χ1v) is 8.65. The van der Waals surface area contributed by atoms with Crippen molar-refractivity contribution in [3.63, 3.8) is 0 Å². The average Bonchev–Trinajstić information content (AvgIpc) is 2.64. The summed E-state index contributed by atoms with van der Waals surface area (Å²) in [7, 11) is 0. The quantitative estimate of drug-likeness (QED) is 0.746. The van der Waals surface area contributed by atoms with Crippen LogP contribution in [-0.2, 0) is 11.2 Å². The van der Waals surface area contributed by atoms with Crippen molar-refractivity contribution in [2.75, 3.05) is 13.2 Å². The smallest absolute Gasteiger partial charge is 0.0769 e. The number of nitrogens with one attached hydrogen (secondary N) is 1. The topological polar surface area (TPSA) is 21.3 Å². The van der Waals surface area contributed by atoms with Crippen molar-refractivity contribution >= 4 is 0 Å². The first-order valence-electron chi connectivity index (χ1n) is 8.65. The maximum absolute atomic E-state index is 6.28. The van der Waals surface area contributed by atoms with E-state index in [0.29, 0.717) is 18.1 Å². The van der Waals surface area contributed by atoms with Gasteiger partial charge >= 0.3 is 0 Å². The molecule has 2 nitrogen and oxygen atoms in total. The van der Waals surface area contributed by atoms with E-state index in [1.165, 1.54) is 24.0 Å². The number of aryl methyl sites for hydroxylation is 1. The van der Waals surface area contributed by atoms with Crippen molar-refractivity contribution in [3.05, 3.63) is 35.4 Å². The van der Waals surface area contributed by atoms with Gasteiger partial charge in [0.2, 0.25) is 0 Å². The Kier molecular flexibility index (Phi) is 6.72. The van der Waals surface area contributed by atoms with Crippen molar-refractivity contribution in [1.29, 1.82) is 0 Å². The highest BCUT2D eigenvalue weighted by Crippen LogP contribution is 2.31. The van der Waals surface area contributed by atoms with Crippen LogP contribution in [-0.4, -0.2) is 19.3 Å². The molecule has 0 spiro atoms. The predicted molar refractivity (Wildman–Crippen MR) is 89.6 cm³/mol. The molecule has 118 valence electrons. The molecule has 0 radical (unpaired) electrons. The molecule has 1 aliphatic rings. The zero-order valence-electron chi connectivity index (χ0n) is 13.9. The summed E-state index contributed by atoms with van der Waals surface area (Å²) < 4.78 is 6.28. The molecule has 0 amide bonds. The van der Waals surface area contributed by atoms with Gasteiger partial charge in [-0.3, -0.25) is 0 Å². The number of rotatable bonds is 7. The molecule has 21 heavy (non-hydrogen) atoms. The Morgan fingerprint density at radius 1 is 1.29 bits per heavy atom. The molecule has 1 N–H and O–H groups in total. The molecule has 1 aliphatic carbocycles. The van der Waals surface area contributed by atoms with E-state index in [1.54, 1.807) is 0 Å². The third kappa shape index (κ3) is 4.82. The van der Waals surface area contributed by atoms with Crippen molar-refractivity contribution in [2.45, 2.75) is 65.0 Å².